The number of benzene rings is 1. The number of rotatable bonds is 7. The Morgan fingerprint density at radius 3 is 2.58 bits per heavy atom. The first-order chi connectivity index (χ1) is 8.63. The third-order valence-corrected chi connectivity index (χ3v) is 2.72. The summed E-state index contributed by atoms with van der Waals surface area (Å²) in [6.07, 6.45) is 0. The van der Waals surface area contributed by atoms with Crippen molar-refractivity contribution < 1.29 is 9.53 Å². The number of amides is 1. The Hall–Kier alpha value is -1.26. The van der Waals surface area contributed by atoms with Crippen molar-refractivity contribution in [3.05, 3.63) is 29.3 Å². The summed E-state index contributed by atoms with van der Waals surface area (Å²) in [4.78, 5) is 11.5. The van der Waals surface area contributed by atoms with E-state index in [0.29, 0.717) is 6.54 Å². The van der Waals surface area contributed by atoms with Gasteiger partial charge in [0.15, 0.2) is 6.61 Å². The van der Waals surface area contributed by atoms with Gasteiger partial charge in [-0.15, -0.1) is 12.4 Å². The summed E-state index contributed by atoms with van der Waals surface area (Å²) in [5.74, 6) is 0.645. The topological polar surface area (TPSA) is 50.4 Å². The summed E-state index contributed by atoms with van der Waals surface area (Å²) in [6, 6.07) is 5.82. The Kier molecular flexibility index (Phi) is 9.00. The molecule has 0 saturated heterocycles. The van der Waals surface area contributed by atoms with Gasteiger partial charge in [0.25, 0.3) is 5.91 Å². The van der Waals surface area contributed by atoms with Gasteiger partial charge in [0, 0.05) is 13.1 Å². The van der Waals surface area contributed by atoms with Crippen LogP contribution in [0.2, 0.25) is 0 Å². The minimum absolute atomic E-state index is 0. The predicted octanol–water partition coefficient (Wildman–Crippen LogP) is 1.83. The number of hydrogen-bond acceptors (Lipinski definition) is 3. The van der Waals surface area contributed by atoms with E-state index in [9.17, 15) is 4.79 Å². The highest BCUT2D eigenvalue weighted by Gasteiger charge is 2.02. The Balaban J connectivity index is 0.00000324. The summed E-state index contributed by atoms with van der Waals surface area (Å²) in [7, 11) is 0. The number of likely N-dealkylation sites (N-methyl/N-ethyl adjacent to an activating group) is 1. The maximum absolute atomic E-state index is 11.5. The van der Waals surface area contributed by atoms with E-state index in [1.807, 2.05) is 39.0 Å². The van der Waals surface area contributed by atoms with Crippen molar-refractivity contribution in [1.82, 2.24) is 10.6 Å². The van der Waals surface area contributed by atoms with Gasteiger partial charge in [-0.05, 0) is 43.7 Å². The maximum atomic E-state index is 11.5. The molecular weight excluding hydrogens is 264 g/mol. The lowest BCUT2D eigenvalue weighted by Gasteiger charge is -2.09. The SMILES string of the molecule is CCNCCNC(=O)COc1ccc(C)c(C)c1.Cl. The fraction of sp³-hybridized carbons (Fsp3) is 0.500. The normalized spacial score (nSPS) is 9.63. The van der Waals surface area contributed by atoms with E-state index >= 15 is 0 Å². The van der Waals surface area contributed by atoms with E-state index in [1.165, 1.54) is 11.1 Å². The first-order valence-corrected chi connectivity index (χ1v) is 6.31. The van der Waals surface area contributed by atoms with Crippen molar-refractivity contribution in [3.63, 3.8) is 0 Å². The maximum Gasteiger partial charge on any atom is 0.257 e. The number of ether oxygens (including phenoxy) is 1. The van der Waals surface area contributed by atoms with E-state index in [1.54, 1.807) is 0 Å². The van der Waals surface area contributed by atoms with Crippen LogP contribution in [-0.2, 0) is 4.79 Å². The fourth-order valence-corrected chi connectivity index (χ4v) is 1.47. The standard InChI is InChI=1S/C14H22N2O2.ClH/c1-4-15-7-8-16-14(17)10-18-13-6-5-11(2)12(3)9-13;/h5-6,9,15H,4,7-8,10H2,1-3H3,(H,16,17);1H. The summed E-state index contributed by atoms with van der Waals surface area (Å²) in [5.41, 5.74) is 2.39. The Morgan fingerprint density at radius 2 is 1.95 bits per heavy atom. The fourth-order valence-electron chi connectivity index (χ4n) is 1.47. The molecule has 1 amide bonds. The molecule has 0 aliphatic carbocycles. The van der Waals surface area contributed by atoms with Crippen LogP contribution in [0, 0.1) is 13.8 Å². The third-order valence-electron chi connectivity index (χ3n) is 2.72. The van der Waals surface area contributed by atoms with E-state index in [2.05, 4.69) is 10.6 Å². The lowest BCUT2D eigenvalue weighted by molar-refractivity contribution is -0.123. The van der Waals surface area contributed by atoms with Crippen molar-refractivity contribution in [2.24, 2.45) is 0 Å². The lowest BCUT2D eigenvalue weighted by Crippen LogP contribution is -2.34. The smallest absolute Gasteiger partial charge is 0.257 e. The van der Waals surface area contributed by atoms with Crippen LogP contribution in [0.5, 0.6) is 5.75 Å². The van der Waals surface area contributed by atoms with Gasteiger partial charge in [-0.2, -0.15) is 0 Å². The van der Waals surface area contributed by atoms with Crippen molar-refractivity contribution >= 4 is 18.3 Å². The molecule has 0 aliphatic heterocycles. The first kappa shape index (κ1) is 17.7. The van der Waals surface area contributed by atoms with Crippen molar-refractivity contribution in [1.29, 1.82) is 0 Å². The molecule has 5 heteroatoms. The molecule has 0 heterocycles. The second-order valence-electron chi connectivity index (χ2n) is 4.24. The van der Waals surface area contributed by atoms with Gasteiger partial charge in [-0.25, -0.2) is 0 Å². The van der Waals surface area contributed by atoms with Crippen LogP contribution < -0.4 is 15.4 Å². The number of carbonyl (C=O) groups excluding carboxylic acids is 1. The second kappa shape index (κ2) is 9.64. The van der Waals surface area contributed by atoms with Gasteiger partial charge in [0.1, 0.15) is 5.75 Å². The summed E-state index contributed by atoms with van der Waals surface area (Å²) in [5, 5.41) is 5.92. The summed E-state index contributed by atoms with van der Waals surface area (Å²) >= 11 is 0. The van der Waals surface area contributed by atoms with Gasteiger partial charge >= 0.3 is 0 Å². The van der Waals surface area contributed by atoms with Crippen LogP contribution in [0.25, 0.3) is 0 Å². The predicted molar refractivity (Wildman–Crippen MR) is 80.2 cm³/mol. The molecule has 0 atom stereocenters. The lowest BCUT2D eigenvalue weighted by atomic mass is 10.1. The van der Waals surface area contributed by atoms with Gasteiger partial charge in [-0.1, -0.05) is 13.0 Å². The Morgan fingerprint density at radius 1 is 1.21 bits per heavy atom. The van der Waals surface area contributed by atoms with Crippen molar-refractivity contribution in [3.8, 4) is 5.75 Å². The molecule has 4 nitrogen and oxygen atoms in total. The molecule has 0 bridgehead atoms. The molecule has 0 spiro atoms. The number of halogens is 1. The van der Waals surface area contributed by atoms with Gasteiger partial charge in [0.2, 0.25) is 0 Å². The number of aryl methyl sites for hydroxylation is 2. The minimum atomic E-state index is -0.0915. The molecule has 2 N–H and O–H groups in total. The quantitative estimate of drug-likeness (QED) is 0.752. The Bertz CT molecular complexity index is 397. The molecule has 0 saturated carbocycles. The molecule has 108 valence electrons. The van der Waals surface area contributed by atoms with Gasteiger partial charge in [-0.3, -0.25) is 4.79 Å². The number of carbonyl (C=O) groups is 1. The summed E-state index contributed by atoms with van der Waals surface area (Å²) in [6.45, 7) is 8.49. The van der Waals surface area contributed by atoms with E-state index in [0.717, 1.165) is 18.8 Å². The number of hydrogen-bond donors (Lipinski definition) is 2. The highest BCUT2D eigenvalue weighted by molar-refractivity contribution is 5.85. The van der Waals surface area contributed by atoms with Gasteiger partial charge < -0.3 is 15.4 Å². The molecule has 1 rings (SSSR count). The van der Waals surface area contributed by atoms with Crippen LogP contribution in [0.4, 0.5) is 0 Å². The zero-order chi connectivity index (χ0) is 13.4. The van der Waals surface area contributed by atoms with Crippen LogP contribution in [0.1, 0.15) is 18.1 Å². The van der Waals surface area contributed by atoms with Crippen LogP contribution in [0.15, 0.2) is 18.2 Å². The first-order valence-electron chi connectivity index (χ1n) is 6.31. The monoisotopic (exact) mass is 286 g/mol. The van der Waals surface area contributed by atoms with E-state index in [-0.39, 0.29) is 24.9 Å². The average molecular weight is 287 g/mol. The molecule has 0 aliphatic rings. The molecule has 1 aromatic carbocycles. The van der Waals surface area contributed by atoms with Crippen LogP contribution in [-0.4, -0.2) is 32.1 Å². The largest absolute Gasteiger partial charge is 0.484 e. The molecule has 0 fully saturated rings. The highest BCUT2D eigenvalue weighted by atomic mass is 35.5. The highest BCUT2D eigenvalue weighted by Crippen LogP contribution is 2.16. The molecule has 0 unspecified atom stereocenters. The molecule has 0 aromatic heterocycles. The average Bonchev–Trinajstić information content (AvgIpc) is 2.36. The van der Waals surface area contributed by atoms with Gasteiger partial charge in [0.05, 0.1) is 0 Å². The van der Waals surface area contributed by atoms with E-state index < -0.39 is 0 Å². The second-order valence-corrected chi connectivity index (χ2v) is 4.24. The zero-order valence-corrected chi connectivity index (χ0v) is 12.6. The van der Waals surface area contributed by atoms with Crippen LogP contribution in [0.3, 0.4) is 0 Å². The Labute approximate surface area is 121 Å². The van der Waals surface area contributed by atoms with Crippen LogP contribution >= 0.6 is 12.4 Å². The van der Waals surface area contributed by atoms with E-state index in [4.69, 9.17) is 4.74 Å². The zero-order valence-electron chi connectivity index (χ0n) is 11.8. The minimum Gasteiger partial charge on any atom is -0.484 e. The number of nitrogens with one attached hydrogen (secondary N) is 2. The molecular formula is C14H23ClN2O2. The molecule has 1 aromatic rings. The summed E-state index contributed by atoms with van der Waals surface area (Å²) < 4.78 is 5.43. The third kappa shape index (κ3) is 7.03. The molecule has 0 radical (unpaired) electrons. The molecule has 19 heavy (non-hydrogen) atoms. The van der Waals surface area contributed by atoms with Crippen molar-refractivity contribution in [2.75, 3.05) is 26.2 Å². The van der Waals surface area contributed by atoms with Crippen molar-refractivity contribution in [2.45, 2.75) is 20.8 Å².